The number of rotatable bonds is 5. The molecule has 3 nitrogen and oxygen atoms in total. The summed E-state index contributed by atoms with van der Waals surface area (Å²) in [5.74, 6) is 0.540. The van der Waals surface area contributed by atoms with Crippen LogP contribution in [0.4, 0.5) is 0 Å². The van der Waals surface area contributed by atoms with E-state index < -0.39 is 6.10 Å². The summed E-state index contributed by atoms with van der Waals surface area (Å²) in [6, 6.07) is 12.8. The van der Waals surface area contributed by atoms with Gasteiger partial charge in [-0.15, -0.1) is 0 Å². The number of Topliss-reactive ketones (excluding diaryl/α,β-unsaturated/α-hetero) is 1. The van der Waals surface area contributed by atoms with Gasteiger partial charge in [-0.2, -0.15) is 0 Å². The Kier molecular flexibility index (Phi) is 4.76. The maximum atomic E-state index is 12.4. The molecule has 1 atom stereocenters. The van der Waals surface area contributed by atoms with Gasteiger partial charge in [0.05, 0.1) is 6.61 Å². The quantitative estimate of drug-likeness (QED) is 0.855. The van der Waals surface area contributed by atoms with Crippen molar-refractivity contribution in [1.29, 1.82) is 0 Å². The number of ketones is 1. The van der Waals surface area contributed by atoms with E-state index in [1.54, 1.807) is 25.1 Å². The predicted octanol–water partition coefficient (Wildman–Crippen LogP) is 3.45. The molecule has 0 aliphatic carbocycles. The lowest BCUT2D eigenvalue weighted by molar-refractivity contribution is 0.0818. The fraction of sp³-hybridized carbons (Fsp3) is 0.278. The monoisotopic (exact) mass is 284 g/mol. The molecule has 21 heavy (non-hydrogen) atoms. The van der Waals surface area contributed by atoms with Gasteiger partial charge >= 0.3 is 0 Å². The van der Waals surface area contributed by atoms with E-state index in [2.05, 4.69) is 0 Å². The van der Waals surface area contributed by atoms with Gasteiger partial charge in [0.15, 0.2) is 6.10 Å². The van der Waals surface area contributed by atoms with Crippen molar-refractivity contribution in [3.05, 3.63) is 64.7 Å². The summed E-state index contributed by atoms with van der Waals surface area (Å²) in [5.41, 5.74) is 3.67. The first kappa shape index (κ1) is 15.3. The predicted molar refractivity (Wildman–Crippen MR) is 82.7 cm³/mol. The molecular weight excluding hydrogens is 264 g/mol. The molecule has 2 aromatic carbocycles. The van der Waals surface area contributed by atoms with Gasteiger partial charge in [-0.3, -0.25) is 4.79 Å². The van der Waals surface area contributed by atoms with E-state index in [1.165, 1.54) is 0 Å². The molecule has 110 valence electrons. The fourth-order valence-electron chi connectivity index (χ4n) is 2.10. The number of benzene rings is 2. The summed E-state index contributed by atoms with van der Waals surface area (Å²) >= 11 is 0. The fourth-order valence-corrected chi connectivity index (χ4v) is 2.10. The van der Waals surface area contributed by atoms with Gasteiger partial charge in [0.2, 0.25) is 5.78 Å². The van der Waals surface area contributed by atoms with Gasteiger partial charge in [0, 0.05) is 5.56 Å². The Bertz CT molecular complexity index is 647. The third kappa shape index (κ3) is 3.70. The Labute approximate surface area is 125 Å². The largest absolute Gasteiger partial charge is 0.483 e. The van der Waals surface area contributed by atoms with Crippen LogP contribution in [0.15, 0.2) is 42.5 Å². The van der Waals surface area contributed by atoms with Crippen LogP contribution in [-0.2, 0) is 6.61 Å². The first-order valence-electron chi connectivity index (χ1n) is 6.99. The summed E-state index contributed by atoms with van der Waals surface area (Å²) in [5, 5.41) is 9.12. The molecule has 1 N–H and O–H groups in total. The number of aliphatic hydroxyl groups excluding tert-OH is 1. The summed E-state index contributed by atoms with van der Waals surface area (Å²) in [7, 11) is 0. The molecule has 0 aromatic heterocycles. The highest BCUT2D eigenvalue weighted by molar-refractivity contribution is 5.99. The van der Waals surface area contributed by atoms with Crippen LogP contribution in [-0.4, -0.2) is 17.0 Å². The lowest BCUT2D eigenvalue weighted by Gasteiger charge is -2.15. The van der Waals surface area contributed by atoms with Gasteiger partial charge in [0.25, 0.3) is 0 Å². The lowest BCUT2D eigenvalue weighted by atomic mass is 10.0. The van der Waals surface area contributed by atoms with Gasteiger partial charge < -0.3 is 9.84 Å². The number of hydrogen-bond donors (Lipinski definition) is 1. The standard InChI is InChI=1S/C18H20O3/c1-12-7-8-16(9-13(12)2)18(20)14(3)21-17-6-4-5-15(10-17)11-19/h4-10,14,19H,11H2,1-3H3. The van der Waals surface area contributed by atoms with Crippen molar-refractivity contribution < 1.29 is 14.6 Å². The van der Waals surface area contributed by atoms with Crippen molar-refractivity contribution in [3.8, 4) is 5.75 Å². The molecule has 0 heterocycles. The van der Waals surface area contributed by atoms with E-state index in [0.29, 0.717) is 11.3 Å². The van der Waals surface area contributed by atoms with Gasteiger partial charge in [-0.05, 0) is 55.7 Å². The maximum Gasteiger partial charge on any atom is 0.203 e. The molecule has 1 unspecified atom stereocenters. The molecule has 0 amide bonds. The molecule has 0 fully saturated rings. The number of carbonyl (C=O) groups is 1. The topological polar surface area (TPSA) is 46.5 Å². The van der Waals surface area contributed by atoms with Crippen LogP contribution in [0.25, 0.3) is 0 Å². The molecular formula is C18H20O3. The molecule has 0 spiro atoms. The zero-order chi connectivity index (χ0) is 15.4. The zero-order valence-corrected chi connectivity index (χ0v) is 12.6. The van der Waals surface area contributed by atoms with Gasteiger partial charge in [-0.25, -0.2) is 0 Å². The van der Waals surface area contributed by atoms with Crippen molar-refractivity contribution >= 4 is 5.78 Å². The number of carbonyl (C=O) groups excluding carboxylic acids is 1. The first-order valence-corrected chi connectivity index (χ1v) is 6.99. The van der Waals surface area contributed by atoms with Crippen LogP contribution in [0.1, 0.15) is 34.0 Å². The van der Waals surface area contributed by atoms with E-state index in [0.717, 1.165) is 16.7 Å². The number of ether oxygens (including phenoxy) is 1. The first-order chi connectivity index (χ1) is 10.0. The zero-order valence-electron chi connectivity index (χ0n) is 12.6. The summed E-state index contributed by atoms with van der Waals surface area (Å²) < 4.78 is 5.68. The van der Waals surface area contributed by atoms with Crippen molar-refractivity contribution in [1.82, 2.24) is 0 Å². The van der Waals surface area contributed by atoms with Crippen LogP contribution in [0.5, 0.6) is 5.75 Å². The average Bonchev–Trinajstić information content (AvgIpc) is 2.49. The van der Waals surface area contributed by atoms with E-state index >= 15 is 0 Å². The third-order valence-corrected chi connectivity index (χ3v) is 3.55. The van der Waals surface area contributed by atoms with Crippen LogP contribution in [0.3, 0.4) is 0 Å². The minimum atomic E-state index is -0.568. The van der Waals surface area contributed by atoms with E-state index in [1.807, 2.05) is 38.1 Å². The van der Waals surface area contributed by atoms with E-state index in [4.69, 9.17) is 9.84 Å². The molecule has 0 bridgehead atoms. The van der Waals surface area contributed by atoms with Crippen LogP contribution in [0.2, 0.25) is 0 Å². The van der Waals surface area contributed by atoms with Crippen LogP contribution < -0.4 is 4.74 Å². The number of aliphatic hydroxyl groups is 1. The minimum Gasteiger partial charge on any atom is -0.483 e. The van der Waals surface area contributed by atoms with Crippen molar-refractivity contribution in [2.24, 2.45) is 0 Å². The molecule has 0 aliphatic heterocycles. The van der Waals surface area contributed by atoms with Crippen molar-refractivity contribution in [2.45, 2.75) is 33.5 Å². The SMILES string of the molecule is Cc1ccc(C(=O)C(C)Oc2cccc(CO)c2)cc1C. The maximum absolute atomic E-state index is 12.4. The molecule has 0 aliphatic rings. The van der Waals surface area contributed by atoms with Crippen molar-refractivity contribution in [2.75, 3.05) is 0 Å². The van der Waals surface area contributed by atoms with E-state index in [-0.39, 0.29) is 12.4 Å². The molecule has 2 aromatic rings. The minimum absolute atomic E-state index is 0.0450. The second-order valence-corrected chi connectivity index (χ2v) is 5.23. The molecule has 0 saturated heterocycles. The van der Waals surface area contributed by atoms with Crippen LogP contribution in [0, 0.1) is 13.8 Å². The summed E-state index contributed by atoms with van der Waals surface area (Å²) in [4.78, 5) is 12.4. The Balaban J connectivity index is 2.13. The molecule has 0 radical (unpaired) electrons. The highest BCUT2D eigenvalue weighted by Gasteiger charge is 2.17. The smallest absolute Gasteiger partial charge is 0.203 e. The van der Waals surface area contributed by atoms with Gasteiger partial charge in [-0.1, -0.05) is 24.3 Å². The Morgan fingerprint density at radius 2 is 1.90 bits per heavy atom. The number of aryl methyl sites for hydroxylation is 2. The van der Waals surface area contributed by atoms with E-state index in [9.17, 15) is 4.79 Å². The van der Waals surface area contributed by atoms with Crippen LogP contribution >= 0.6 is 0 Å². The summed E-state index contributed by atoms with van der Waals surface area (Å²) in [6.07, 6.45) is -0.568. The second kappa shape index (κ2) is 6.55. The Morgan fingerprint density at radius 3 is 2.57 bits per heavy atom. The van der Waals surface area contributed by atoms with Gasteiger partial charge in [0.1, 0.15) is 5.75 Å². The Morgan fingerprint density at radius 1 is 1.14 bits per heavy atom. The Hall–Kier alpha value is -2.13. The molecule has 2 rings (SSSR count). The normalized spacial score (nSPS) is 12.0. The molecule has 3 heteroatoms. The second-order valence-electron chi connectivity index (χ2n) is 5.23. The highest BCUT2D eigenvalue weighted by atomic mass is 16.5. The molecule has 0 saturated carbocycles. The average molecular weight is 284 g/mol. The highest BCUT2D eigenvalue weighted by Crippen LogP contribution is 2.18. The summed E-state index contributed by atoms with van der Waals surface area (Å²) in [6.45, 7) is 5.70. The third-order valence-electron chi connectivity index (χ3n) is 3.55. The lowest BCUT2D eigenvalue weighted by Crippen LogP contribution is -2.24. The van der Waals surface area contributed by atoms with Crippen molar-refractivity contribution in [3.63, 3.8) is 0 Å². The number of hydrogen-bond acceptors (Lipinski definition) is 3.